The second-order valence-electron chi connectivity index (χ2n) is 3.67. The molecule has 1 rings (SSSR count). The first-order valence-corrected chi connectivity index (χ1v) is 4.69. The van der Waals surface area contributed by atoms with Crippen molar-refractivity contribution in [3.05, 3.63) is 39.9 Å². The van der Waals surface area contributed by atoms with Gasteiger partial charge in [0.15, 0.2) is 0 Å². The summed E-state index contributed by atoms with van der Waals surface area (Å²) in [6.07, 6.45) is 0. The largest absolute Gasteiger partial charge is 0.280 e. The van der Waals surface area contributed by atoms with Crippen LogP contribution in [0.15, 0.2) is 24.3 Å². The summed E-state index contributed by atoms with van der Waals surface area (Å²) in [5, 5.41) is 10.1. The Hall–Kier alpha value is -1.42. The molecule has 0 fully saturated rings. The van der Waals surface area contributed by atoms with Gasteiger partial charge in [0, 0.05) is 11.6 Å². The molecule has 0 aliphatic rings. The maximum atomic E-state index is 11.2. The Bertz CT molecular complexity index is 415. The summed E-state index contributed by atoms with van der Waals surface area (Å²) in [7, 11) is 0. The van der Waals surface area contributed by atoms with Crippen LogP contribution >= 0.6 is 11.6 Å². The second-order valence-corrected chi connectivity index (χ2v) is 4.02. The fourth-order valence-electron chi connectivity index (χ4n) is 1.27. The maximum Gasteiger partial charge on any atom is 0.273 e. The standard InChI is InChI=1S/C10H10ClNO3/c1-10(2,9(11)13)7-5-3-4-6-8(7)12(14)15/h3-6H,1-2H3. The van der Waals surface area contributed by atoms with Gasteiger partial charge < -0.3 is 0 Å². The van der Waals surface area contributed by atoms with Crippen molar-refractivity contribution in [3.8, 4) is 0 Å². The number of nitrogens with zero attached hydrogens (tertiary/aromatic N) is 1. The number of nitro groups is 1. The van der Waals surface area contributed by atoms with Crippen molar-refractivity contribution in [2.45, 2.75) is 19.3 Å². The zero-order valence-electron chi connectivity index (χ0n) is 8.36. The molecule has 80 valence electrons. The minimum atomic E-state index is -1.05. The van der Waals surface area contributed by atoms with E-state index in [9.17, 15) is 14.9 Å². The van der Waals surface area contributed by atoms with Crippen LogP contribution in [0.2, 0.25) is 0 Å². The molecule has 15 heavy (non-hydrogen) atoms. The van der Waals surface area contributed by atoms with Crippen molar-refractivity contribution in [2.75, 3.05) is 0 Å². The molecule has 0 unspecified atom stereocenters. The van der Waals surface area contributed by atoms with Gasteiger partial charge in [-0.2, -0.15) is 0 Å². The summed E-state index contributed by atoms with van der Waals surface area (Å²) in [4.78, 5) is 21.4. The van der Waals surface area contributed by atoms with Gasteiger partial charge >= 0.3 is 0 Å². The van der Waals surface area contributed by atoms with Crippen molar-refractivity contribution < 1.29 is 9.72 Å². The molecule has 0 N–H and O–H groups in total. The van der Waals surface area contributed by atoms with Gasteiger partial charge in [0.25, 0.3) is 5.69 Å². The number of rotatable bonds is 3. The van der Waals surface area contributed by atoms with E-state index in [0.717, 1.165) is 0 Å². The fourth-order valence-corrected chi connectivity index (χ4v) is 1.37. The molecule has 0 radical (unpaired) electrons. The smallest absolute Gasteiger partial charge is 0.273 e. The monoisotopic (exact) mass is 227 g/mol. The molecule has 0 saturated heterocycles. The Labute approximate surface area is 92.0 Å². The highest BCUT2D eigenvalue weighted by molar-refractivity contribution is 6.65. The average Bonchev–Trinajstić information content (AvgIpc) is 2.17. The van der Waals surface area contributed by atoms with Gasteiger partial charge in [-0.3, -0.25) is 14.9 Å². The minimum Gasteiger partial charge on any atom is -0.280 e. The molecule has 5 heteroatoms. The van der Waals surface area contributed by atoms with Crippen LogP contribution < -0.4 is 0 Å². The number of hydrogen-bond donors (Lipinski definition) is 0. The van der Waals surface area contributed by atoms with Crippen LogP contribution in [0.3, 0.4) is 0 Å². The molecule has 1 aromatic carbocycles. The molecule has 0 saturated carbocycles. The summed E-state index contributed by atoms with van der Waals surface area (Å²) < 4.78 is 0. The Morgan fingerprint density at radius 3 is 2.40 bits per heavy atom. The molecule has 0 spiro atoms. The fraction of sp³-hybridized carbons (Fsp3) is 0.300. The SMILES string of the molecule is CC(C)(C(=O)Cl)c1ccccc1[N+](=O)[O-]. The van der Waals surface area contributed by atoms with Crippen LogP contribution in [-0.2, 0) is 10.2 Å². The van der Waals surface area contributed by atoms with Crippen LogP contribution in [0.4, 0.5) is 5.69 Å². The van der Waals surface area contributed by atoms with Gasteiger partial charge in [0.05, 0.1) is 10.3 Å². The van der Waals surface area contributed by atoms with Crippen LogP contribution in [-0.4, -0.2) is 10.2 Å². The van der Waals surface area contributed by atoms with E-state index in [1.54, 1.807) is 32.0 Å². The van der Waals surface area contributed by atoms with E-state index in [0.29, 0.717) is 5.56 Å². The molecular weight excluding hydrogens is 218 g/mol. The van der Waals surface area contributed by atoms with Gasteiger partial charge in [-0.05, 0) is 25.4 Å². The lowest BCUT2D eigenvalue weighted by Gasteiger charge is -2.19. The molecule has 0 amide bonds. The summed E-state index contributed by atoms with van der Waals surface area (Å²) in [6, 6.07) is 6.09. The van der Waals surface area contributed by atoms with Crippen molar-refractivity contribution in [2.24, 2.45) is 0 Å². The minimum absolute atomic E-state index is 0.0866. The topological polar surface area (TPSA) is 60.2 Å². The number of benzene rings is 1. The average molecular weight is 228 g/mol. The molecule has 1 aromatic rings. The van der Waals surface area contributed by atoms with Crippen molar-refractivity contribution in [1.82, 2.24) is 0 Å². The second kappa shape index (κ2) is 3.98. The van der Waals surface area contributed by atoms with Gasteiger partial charge in [-0.25, -0.2) is 0 Å². The van der Waals surface area contributed by atoms with Crippen molar-refractivity contribution in [1.29, 1.82) is 0 Å². The third kappa shape index (κ3) is 2.15. The van der Waals surface area contributed by atoms with Crippen molar-refractivity contribution >= 4 is 22.5 Å². The zero-order chi connectivity index (χ0) is 11.6. The summed E-state index contributed by atoms with van der Waals surface area (Å²) in [5.41, 5.74) is -0.808. The lowest BCUT2D eigenvalue weighted by molar-refractivity contribution is -0.385. The first kappa shape index (κ1) is 11.7. The zero-order valence-corrected chi connectivity index (χ0v) is 9.12. The van der Waals surface area contributed by atoms with E-state index in [1.165, 1.54) is 6.07 Å². The molecular formula is C10H10ClNO3. The predicted octanol–water partition coefficient (Wildman–Crippen LogP) is 2.64. The first-order valence-electron chi connectivity index (χ1n) is 4.31. The molecule has 4 nitrogen and oxygen atoms in total. The van der Waals surface area contributed by atoms with E-state index in [1.807, 2.05) is 0 Å². The van der Waals surface area contributed by atoms with Crippen molar-refractivity contribution in [3.63, 3.8) is 0 Å². The normalized spacial score (nSPS) is 11.1. The quantitative estimate of drug-likeness (QED) is 0.453. The van der Waals surface area contributed by atoms with E-state index >= 15 is 0 Å². The van der Waals surface area contributed by atoms with Gasteiger partial charge in [-0.1, -0.05) is 18.2 Å². The molecule has 0 aliphatic heterocycles. The molecule has 0 bridgehead atoms. The van der Waals surface area contributed by atoms with E-state index < -0.39 is 15.6 Å². The number of hydrogen-bond acceptors (Lipinski definition) is 3. The molecule has 0 aromatic heterocycles. The highest BCUT2D eigenvalue weighted by Crippen LogP contribution is 2.32. The molecule has 0 aliphatic carbocycles. The lowest BCUT2D eigenvalue weighted by atomic mass is 9.85. The number of carbonyl (C=O) groups excluding carboxylic acids is 1. The Morgan fingerprint density at radius 2 is 1.93 bits per heavy atom. The van der Waals surface area contributed by atoms with Crippen LogP contribution in [0.5, 0.6) is 0 Å². The Balaban J connectivity index is 3.37. The van der Waals surface area contributed by atoms with E-state index in [-0.39, 0.29) is 5.69 Å². The van der Waals surface area contributed by atoms with Crippen LogP contribution in [0, 0.1) is 10.1 Å². The maximum absolute atomic E-state index is 11.2. The summed E-state index contributed by atoms with van der Waals surface area (Å²) in [6.45, 7) is 3.12. The number of para-hydroxylation sites is 1. The number of nitro benzene ring substituents is 1. The lowest BCUT2D eigenvalue weighted by Crippen LogP contribution is -2.25. The Morgan fingerprint density at radius 1 is 1.40 bits per heavy atom. The molecule has 0 heterocycles. The first-order chi connectivity index (χ1) is 6.87. The predicted molar refractivity (Wildman–Crippen MR) is 57.0 cm³/mol. The van der Waals surface area contributed by atoms with Gasteiger partial charge in [0.1, 0.15) is 0 Å². The molecule has 0 atom stereocenters. The number of halogens is 1. The van der Waals surface area contributed by atoms with E-state index in [2.05, 4.69) is 0 Å². The van der Waals surface area contributed by atoms with Crippen LogP contribution in [0.1, 0.15) is 19.4 Å². The summed E-state index contributed by atoms with van der Waals surface area (Å²) in [5.74, 6) is 0. The van der Waals surface area contributed by atoms with Crippen LogP contribution in [0.25, 0.3) is 0 Å². The summed E-state index contributed by atoms with van der Waals surface area (Å²) >= 11 is 5.42. The third-order valence-corrected chi connectivity index (χ3v) is 2.74. The Kier molecular flexibility index (Phi) is 3.09. The van der Waals surface area contributed by atoms with Gasteiger partial charge in [0.2, 0.25) is 5.24 Å². The highest BCUT2D eigenvalue weighted by Gasteiger charge is 2.34. The number of carbonyl (C=O) groups is 1. The third-order valence-electron chi connectivity index (χ3n) is 2.27. The van der Waals surface area contributed by atoms with Gasteiger partial charge in [-0.15, -0.1) is 0 Å². The van der Waals surface area contributed by atoms with E-state index in [4.69, 9.17) is 11.6 Å². The highest BCUT2D eigenvalue weighted by atomic mass is 35.5.